The van der Waals surface area contributed by atoms with E-state index < -0.39 is 12.3 Å². The average molecular weight is 299 g/mol. The monoisotopic (exact) mass is 299 g/mol. The quantitative estimate of drug-likeness (QED) is 0.945. The van der Waals surface area contributed by atoms with Gasteiger partial charge in [0.2, 0.25) is 5.91 Å². The Labute approximate surface area is 129 Å². The first-order chi connectivity index (χ1) is 10.6. The Morgan fingerprint density at radius 3 is 2.27 bits per heavy atom. The van der Waals surface area contributed by atoms with Crippen molar-refractivity contribution in [2.75, 3.05) is 13.1 Å². The molecule has 0 radical (unpaired) electrons. The Morgan fingerprint density at radius 2 is 1.68 bits per heavy atom. The molecule has 0 bridgehead atoms. The van der Waals surface area contributed by atoms with Crippen LogP contribution in [-0.4, -0.2) is 41.3 Å². The number of likely N-dealkylation sites (tertiary alicyclic amines) is 1. The van der Waals surface area contributed by atoms with Crippen molar-refractivity contribution in [3.05, 3.63) is 60.2 Å². The third-order valence-electron chi connectivity index (χ3n) is 3.99. The summed E-state index contributed by atoms with van der Waals surface area (Å²) in [6.45, 7) is 0.0736. The summed E-state index contributed by atoms with van der Waals surface area (Å²) in [5, 5.41) is 9.38. The molecule has 114 valence electrons. The van der Waals surface area contributed by atoms with E-state index in [0.717, 1.165) is 16.7 Å². The average Bonchev–Trinajstić information content (AvgIpc) is 2.88. The second kappa shape index (κ2) is 6.28. The van der Waals surface area contributed by atoms with Gasteiger partial charge in [-0.25, -0.2) is 4.39 Å². The molecule has 0 saturated carbocycles. The van der Waals surface area contributed by atoms with E-state index >= 15 is 0 Å². The lowest BCUT2D eigenvalue weighted by molar-refractivity contribution is -0.129. The number of halogens is 1. The van der Waals surface area contributed by atoms with E-state index in [0.29, 0.717) is 0 Å². The Morgan fingerprint density at radius 1 is 1.05 bits per heavy atom. The van der Waals surface area contributed by atoms with Gasteiger partial charge < -0.3 is 10.0 Å². The van der Waals surface area contributed by atoms with Gasteiger partial charge in [0, 0.05) is 6.54 Å². The minimum absolute atomic E-state index is 0.0118. The molecule has 1 aliphatic heterocycles. The summed E-state index contributed by atoms with van der Waals surface area (Å²) < 4.78 is 13.3. The molecule has 1 aliphatic rings. The van der Waals surface area contributed by atoms with Gasteiger partial charge in [0.1, 0.15) is 12.3 Å². The Kier molecular flexibility index (Phi) is 4.20. The van der Waals surface area contributed by atoms with E-state index in [-0.39, 0.29) is 25.4 Å². The van der Waals surface area contributed by atoms with Crippen molar-refractivity contribution in [2.45, 2.75) is 18.7 Å². The van der Waals surface area contributed by atoms with Gasteiger partial charge in [0.25, 0.3) is 0 Å². The number of hydrogen-bond acceptors (Lipinski definition) is 2. The molecular weight excluding hydrogens is 281 g/mol. The van der Waals surface area contributed by atoms with Gasteiger partial charge in [-0.2, -0.15) is 0 Å². The fourth-order valence-corrected chi connectivity index (χ4v) is 2.68. The lowest BCUT2D eigenvalue weighted by atomic mass is 10.0. The normalized spacial score (nSPS) is 21.1. The predicted octanol–water partition coefficient (Wildman–Crippen LogP) is 2.44. The maximum absolute atomic E-state index is 13.3. The van der Waals surface area contributed by atoms with Crippen molar-refractivity contribution < 1.29 is 14.3 Å². The summed E-state index contributed by atoms with van der Waals surface area (Å²) >= 11 is 0. The standard InChI is InChI=1S/C18H18FNO2/c19-16-11-20(12-17(16)21)18(22)10-13-6-8-15(9-7-13)14-4-2-1-3-5-14/h1-9,16-17,21H,10-12H2/t16-,17-/m1/s1. The molecule has 3 nitrogen and oxygen atoms in total. The molecule has 1 amide bonds. The van der Waals surface area contributed by atoms with Gasteiger partial charge in [0.15, 0.2) is 0 Å². The van der Waals surface area contributed by atoms with Crippen LogP contribution in [-0.2, 0) is 11.2 Å². The van der Waals surface area contributed by atoms with Crippen LogP contribution in [0.5, 0.6) is 0 Å². The molecule has 0 aliphatic carbocycles. The van der Waals surface area contributed by atoms with Crippen molar-refractivity contribution in [3.8, 4) is 11.1 Å². The summed E-state index contributed by atoms with van der Waals surface area (Å²) in [5.41, 5.74) is 3.11. The molecule has 22 heavy (non-hydrogen) atoms. The minimum atomic E-state index is -1.33. The summed E-state index contributed by atoms with van der Waals surface area (Å²) in [5.74, 6) is -0.147. The van der Waals surface area contributed by atoms with E-state index in [4.69, 9.17) is 0 Å². The Bertz CT molecular complexity index is 632. The van der Waals surface area contributed by atoms with Crippen molar-refractivity contribution in [1.29, 1.82) is 0 Å². The first-order valence-electron chi connectivity index (χ1n) is 7.38. The fraction of sp³-hybridized carbons (Fsp3) is 0.278. The smallest absolute Gasteiger partial charge is 0.227 e. The number of rotatable bonds is 3. The molecule has 2 aromatic rings. The highest BCUT2D eigenvalue weighted by Gasteiger charge is 2.33. The fourth-order valence-electron chi connectivity index (χ4n) is 2.68. The number of aliphatic hydroxyl groups excluding tert-OH is 1. The first-order valence-corrected chi connectivity index (χ1v) is 7.38. The lowest BCUT2D eigenvalue weighted by Crippen LogP contribution is -2.30. The molecule has 0 unspecified atom stereocenters. The number of carbonyl (C=O) groups is 1. The van der Waals surface area contributed by atoms with Gasteiger partial charge in [0.05, 0.1) is 13.0 Å². The second-order valence-corrected chi connectivity index (χ2v) is 5.62. The summed E-state index contributed by atoms with van der Waals surface area (Å²) in [4.78, 5) is 13.5. The molecular formula is C18H18FNO2. The third kappa shape index (κ3) is 3.17. The van der Waals surface area contributed by atoms with Gasteiger partial charge in [-0.05, 0) is 16.7 Å². The van der Waals surface area contributed by atoms with Crippen LogP contribution in [0.25, 0.3) is 11.1 Å². The molecule has 4 heteroatoms. The van der Waals surface area contributed by atoms with E-state index in [1.54, 1.807) is 0 Å². The molecule has 1 heterocycles. The molecule has 3 rings (SSSR count). The molecule has 1 saturated heterocycles. The van der Waals surface area contributed by atoms with Crippen LogP contribution in [0.15, 0.2) is 54.6 Å². The van der Waals surface area contributed by atoms with Gasteiger partial charge in [-0.3, -0.25) is 4.79 Å². The van der Waals surface area contributed by atoms with E-state index in [9.17, 15) is 14.3 Å². The number of hydrogen-bond donors (Lipinski definition) is 1. The summed E-state index contributed by atoms with van der Waals surface area (Å²) in [7, 11) is 0. The van der Waals surface area contributed by atoms with Gasteiger partial charge in [-0.15, -0.1) is 0 Å². The highest BCUT2D eigenvalue weighted by atomic mass is 19.1. The maximum atomic E-state index is 13.3. The van der Waals surface area contributed by atoms with Crippen molar-refractivity contribution in [1.82, 2.24) is 4.90 Å². The first kappa shape index (κ1) is 14.7. The van der Waals surface area contributed by atoms with E-state index in [1.807, 2.05) is 54.6 Å². The van der Waals surface area contributed by atoms with Crippen LogP contribution in [0, 0.1) is 0 Å². The number of aliphatic hydroxyl groups is 1. The molecule has 1 N–H and O–H groups in total. The number of alkyl halides is 1. The zero-order valence-electron chi connectivity index (χ0n) is 12.2. The van der Waals surface area contributed by atoms with Crippen LogP contribution in [0.1, 0.15) is 5.56 Å². The minimum Gasteiger partial charge on any atom is -0.388 e. The third-order valence-corrected chi connectivity index (χ3v) is 3.99. The predicted molar refractivity (Wildman–Crippen MR) is 83.1 cm³/mol. The largest absolute Gasteiger partial charge is 0.388 e. The van der Waals surface area contributed by atoms with Crippen molar-refractivity contribution in [2.24, 2.45) is 0 Å². The maximum Gasteiger partial charge on any atom is 0.227 e. The highest BCUT2D eigenvalue weighted by molar-refractivity contribution is 5.79. The number of nitrogens with zero attached hydrogens (tertiary/aromatic N) is 1. The second-order valence-electron chi connectivity index (χ2n) is 5.62. The SMILES string of the molecule is O=C(Cc1ccc(-c2ccccc2)cc1)N1C[C@@H](O)[C@H](F)C1. The number of β-amino-alcohol motifs (C(OH)–C–C–N with tert-alkyl or cyclic N) is 1. The topological polar surface area (TPSA) is 40.5 Å². The molecule has 1 fully saturated rings. The van der Waals surface area contributed by atoms with Crippen LogP contribution in [0.2, 0.25) is 0 Å². The van der Waals surface area contributed by atoms with E-state index in [2.05, 4.69) is 0 Å². The number of amides is 1. The van der Waals surface area contributed by atoms with E-state index in [1.165, 1.54) is 4.90 Å². The van der Waals surface area contributed by atoms with Crippen LogP contribution < -0.4 is 0 Å². The Hall–Kier alpha value is -2.20. The van der Waals surface area contributed by atoms with Crippen molar-refractivity contribution in [3.63, 3.8) is 0 Å². The van der Waals surface area contributed by atoms with Crippen molar-refractivity contribution >= 4 is 5.91 Å². The highest BCUT2D eigenvalue weighted by Crippen LogP contribution is 2.20. The molecule has 2 atom stereocenters. The molecule has 0 spiro atoms. The number of carbonyl (C=O) groups excluding carboxylic acids is 1. The molecule has 2 aromatic carbocycles. The molecule has 0 aromatic heterocycles. The van der Waals surface area contributed by atoms with Gasteiger partial charge in [-0.1, -0.05) is 54.6 Å². The lowest BCUT2D eigenvalue weighted by Gasteiger charge is -2.15. The van der Waals surface area contributed by atoms with Crippen LogP contribution in [0.3, 0.4) is 0 Å². The Balaban J connectivity index is 1.65. The summed E-state index contributed by atoms with van der Waals surface area (Å²) in [6.07, 6.45) is -2.15. The zero-order chi connectivity index (χ0) is 15.5. The summed E-state index contributed by atoms with van der Waals surface area (Å²) in [6, 6.07) is 17.8. The number of benzene rings is 2. The van der Waals surface area contributed by atoms with Gasteiger partial charge >= 0.3 is 0 Å². The van der Waals surface area contributed by atoms with Crippen LogP contribution in [0.4, 0.5) is 4.39 Å². The van der Waals surface area contributed by atoms with Crippen LogP contribution >= 0.6 is 0 Å². The zero-order valence-corrected chi connectivity index (χ0v) is 12.2.